The van der Waals surface area contributed by atoms with Gasteiger partial charge in [-0.05, 0) is 31.6 Å². The third-order valence-corrected chi connectivity index (χ3v) is 3.00. The Hall–Kier alpha value is -1.81. The highest BCUT2D eigenvalue weighted by atomic mass is 16.1. The first-order valence-electron chi connectivity index (χ1n) is 6.21. The lowest BCUT2D eigenvalue weighted by Crippen LogP contribution is -2.32. The van der Waals surface area contributed by atoms with Crippen LogP contribution in [0.2, 0.25) is 0 Å². The maximum Gasteiger partial charge on any atom is 0.253 e. The van der Waals surface area contributed by atoms with Crippen LogP contribution >= 0.6 is 0 Å². The van der Waals surface area contributed by atoms with E-state index in [9.17, 15) is 4.79 Å². The quantitative estimate of drug-likeness (QED) is 0.751. The van der Waals surface area contributed by atoms with Gasteiger partial charge in [0.2, 0.25) is 0 Å². The number of rotatable bonds is 5. The molecule has 0 spiro atoms. The highest BCUT2D eigenvalue weighted by Crippen LogP contribution is 2.16. The number of hydrogen-bond acceptors (Lipinski definition) is 2. The normalized spacial score (nSPS) is 12.6. The molecular formula is C14H19N3O. The summed E-state index contributed by atoms with van der Waals surface area (Å²) in [6.07, 6.45) is 1.85. The van der Waals surface area contributed by atoms with Crippen LogP contribution in [0, 0.1) is 5.92 Å². The lowest BCUT2D eigenvalue weighted by molar-refractivity contribution is 0.0949. The summed E-state index contributed by atoms with van der Waals surface area (Å²) in [5, 5.41) is 7.13. The number of hydrogen-bond donors (Lipinski definition) is 3. The van der Waals surface area contributed by atoms with Gasteiger partial charge in [0.15, 0.2) is 0 Å². The molecule has 1 aromatic carbocycles. The molecule has 2 rings (SSSR count). The van der Waals surface area contributed by atoms with E-state index >= 15 is 0 Å². The standard InChI is InChI=1S/C14H19N3O/c1-10(8-15-2)9-17-14(18)12-5-3-4-11-6-7-16-13(11)12/h3-7,10,15-16H,8-9H2,1-2H3,(H,17,18). The summed E-state index contributed by atoms with van der Waals surface area (Å²) in [5.74, 6) is 0.396. The van der Waals surface area contributed by atoms with Gasteiger partial charge in [0, 0.05) is 18.1 Å². The second-order valence-corrected chi connectivity index (χ2v) is 4.62. The molecule has 0 saturated heterocycles. The van der Waals surface area contributed by atoms with Gasteiger partial charge in [-0.15, -0.1) is 0 Å². The van der Waals surface area contributed by atoms with Crippen molar-refractivity contribution in [3.63, 3.8) is 0 Å². The molecular weight excluding hydrogens is 226 g/mol. The molecule has 0 saturated carbocycles. The highest BCUT2D eigenvalue weighted by molar-refractivity contribution is 6.05. The van der Waals surface area contributed by atoms with Crippen LogP contribution in [-0.4, -0.2) is 31.0 Å². The Labute approximate surface area is 107 Å². The van der Waals surface area contributed by atoms with Crippen molar-refractivity contribution >= 4 is 16.8 Å². The SMILES string of the molecule is CNCC(C)CNC(=O)c1cccc2cc[nH]c12. The molecule has 0 aliphatic heterocycles. The van der Waals surface area contributed by atoms with Gasteiger partial charge in [-0.1, -0.05) is 19.1 Å². The summed E-state index contributed by atoms with van der Waals surface area (Å²) >= 11 is 0. The molecule has 1 atom stereocenters. The molecule has 2 aromatic rings. The Morgan fingerprint density at radius 3 is 2.94 bits per heavy atom. The second kappa shape index (κ2) is 5.69. The van der Waals surface area contributed by atoms with Gasteiger partial charge in [-0.2, -0.15) is 0 Å². The minimum absolute atomic E-state index is 0.0222. The van der Waals surface area contributed by atoms with Crippen LogP contribution in [0.1, 0.15) is 17.3 Å². The van der Waals surface area contributed by atoms with E-state index in [0.29, 0.717) is 18.0 Å². The zero-order valence-corrected chi connectivity index (χ0v) is 10.8. The number of aromatic amines is 1. The van der Waals surface area contributed by atoms with Gasteiger partial charge in [0.05, 0.1) is 11.1 Å². The van der Waals surface area contributed by atoms with E-state index in [1.54, 1.807) is 0 Å². The maximum atomic E-state index is 12.1. The van der Waals surface area contributed by atoms with Crippen molar-refractivity contribution in [2.75, 3.05) is 20.1 Å². The highest BCUT2D eigenvalue weighted by Gasteiger charge is 2.11. The van der Waals surface area contributed by atoms with Crippen LogP contribution < -0.4 is 10.6 Å². The number of H-pyrrole nitrogens is 1. The van der Waals surface area contributed by atoms with E-state index in [-0.39, 0.29) is 5.91 Å². The number of benzene rings is 1. The van der Waals surface area contributed by atoms with Crippen LogP contribution in [0.4, 0.5) is 0 Å². The monoisotopic (exact) mass is 245 g/mol. The first kappa shape index (κ1) is 12.6. The lowest BCUT2D eigenvalue weighted by Gasteiger charge is -2.12. The van der Waals surface area contributed by atoms with Crippen LogP contribution in [0.3, 0.4) is 0 Å². The maximum absolute atomic E-state index is 12.1. The topological polar surface area (TPSA) is 56.9 Å². The zero-order chi connectivity index (χ0) is 13.0. The number of amides is 1. The Bertz CT molecular complexity index is 533. The summed E-state index contributed by atoms with van der Waals surface area (Å²) in [7, 11) is 1.91. The molecule has 1 aromatic heterocycles. The summed E-state index contributed by atoms with van der Waals surface area (Å²) in [6.45, 7) is 3.68. The van der Waals surface area contributed by atoms with Gasteiger partial charge in [0.1, 0.15) is 0 Å². The van der Waals surface area contributed by atoms with E-state index in [4.69, 9.17) is 0 Å². The lowest BCUT2D eigenvalue weighted by atomic mass is 10.1. The molecule has 0 aliphatic carbocycles. The van der Waals surface area contributed by atoms with Gasteiger partial charge >= 0.3 is 0 Å². The van der Waals surface area contributed by atoms with Crippen molar-refractivity contribution in [1.29, 1.82) is 0 Å². The van der Waals surface area contributed by atoms with Crippen molar-refractivity contribution in [3.8, 4) is 0 Å². The molecule has 0 aliphatic rings. The third-order valence-electron chi connectivity index (χ3n) is 3.00. The van der Waals surface area contributed by atoms with Crippen molar-refractivity contribution in [2.24, 2.45) is 5.92 Å². The van der Waals surface area contributed by atoms with Crippen molar-refractivity contribution in [2.45, 2.75) is 6.92 Å². The van der Waals surface area contributed by atoms with Gasteiger partial charge in [0.25, 0.3) is 5.91 Å². The molecule has 1 heterocycles. The molecule has 4 nitrogen and oxygen atoms in total. The summed E-state index contributed by atoms with van der Waals surface area (Å²) in [4.78, 5) is 15.2. The number of fused-ring (bicyclic) bond motifs is 1. The Balaban J connectivity index is 2.07. The van der Waals surface area contributed by atoms with Crippen molar-refractivity contribution < 1.29 is 4.79 Å². The molecule has 0 bridgehead atoms. The average Bonchev–Trinajstić information content (AvgIpc) is 2.84. The fourth-order valence-electron chi connectivity index (χ4n) is 2.06. The second-order valence-electron chi connectivity index (χ2n) is 4.62. The number of nitrogens with one attached hydrogen (secondary N) is 3. The number of para-hydroxylation sites is 1. The molecule has 0 fully saturated rings. The number of carbonyl (C=O) groups excluding carboxylic acids is 1. The predicted octanol–water partition coefficient (Wildman–Crippen LogP) is 1.75. The van der Waals surface area contributed by atoms with Crippen LogP contribution in [0.25, 0.3) is 10.9 Å². The first-order chi connectivity index (χ1) is 8.72. The summed E-state index contributed by atoms with van der Waals surface area (Å²) in [5.41, 5.74) is 1.60. The molecule has 0 radical (unpaired) electrons. The number of aromatic nitrogens is 1. The van der Waals surface area contributed by atoms with E-state index in [1.165, 1.54) is 0 Å². The van der Waals surface area contributed by atoms with Gasteiger partial charge < -0.3 is 15.6 Å². The first-order valence-corrected chi connectivity index (χ1v) is 6.21. The fourth-order valence-corrected chi connectivity index (χ4v) is 2.06. The Morgan fingerprint density at radius 1 is 1.33 bits per heavy atom. The van der Waals surface area contributed by atoms with Gasteiger partial charge in [-0.3, -0.25) is 4.79 Å². The molecule has 1 unspecified atom stereocenters. The Morgan fingerprint density at radius 2 is 2.17 bits per heavy atom. The minimum atomic E-state index is -0.0222. The largest absolute Gasteiger partial charge is 0.361 e. The Kier molecular flexibility index (Phi) is 3.99. The molecule has 1 amide bonds. The smallest absolute Gasteiger partial charge is 0.253 e. The molecule has 18 heavy (non-hydrogen) atoms. The van der Waals surface area contributed by atoms with Crippen molar-refractivity contribution in [3.05, 3.63) is 36.0 Å². The van der Waals surface area contributed by atoms with Crippen LogP contribution in [0.5, 0.6) is 0 Å². The number of carbonyl (C=O) groups is 1. The molecule has 4 heteroatoms. The summed E-state index contributed by atoms with van der Waals surface area (Å²) in [6, 6.07) is 7.71. The van der Waals surface area contributed by atoms with Crippen LogP contribution in [-0.2, 0) is 0 Å². The molecule has 3 N–H and O–H groups in total. The summed E-state index contributed by atoms with van der Waals surface area (Å²) < 4.78 is 0. The van der Waals surface area contributed by atoms with E-state index < -0.39 is 0 Å². The zero-order valence-electron chi connectivity index (χ0n) is 10.8. The van der Waals surface area contributed by atoms with Gasteiger partial charge in [-0.25, -0.2) is 0 Å². The molecule has 96 valence electrons. The minimum Gasteiger partial charge on any atom is -0.361 e. The average molecular weight is 245 g/mol. The fraction of sp³-hybridized carbons (Fsp3) is 0.357. The van der Waals surface area contributed by atoms with Crippen LogP contribution in [0.15, 0.2) is 30.5 Å². The van der Waals surface area contributed by atoms with E-state index in [1.807, 2.05) is 37.5 Å². The third kappa shape index (κ3) is 2.71. The predicted molar refractivity (Wildman–Crippen MR) is 73.7 cm³/mol. The van der Waals surface area contributed by atoms with E-state index in [2.05, 4.69) is 22.5 Å². The van der Waals surface area contributed by atoms with Crippen molar-refractivity contribution in [1.82, 2.24) is 15.6 Å². The van der Waals surface area contributed by atoms with E-state index in [0.717, 1.165) is 17.4 Å².